The number of aliphatic carboxylic acids is 1. The Morgan fingerprint density at radius 1 is 0.887 bits per heavy atom. The SMILES string of the molecule is O=C(O)C[C@@H](NC(=O)c1ccc(C2(C(F)(F)F)NN2)cc1)C(=O)NCCCOCCOCCOCCCNC(=O)CCCC[C@@H]1SC[C@@H]2NC(=O)N[C@@H]21. The first kappa shape index (κ1) is 42.1. The number of unbranched alkanes of at least 4 members (excludes halogenated alkanes) is 1. The summed E-state index contributed by atoms with van der Waals surface area (Å²) in [6.07, 6.45) is -1.01. The smallest absolute Gasteiger partial charge is 0.426 e. The second-order valence-corrected chi connectivity index (χ2v) is 14.0. The summed E-state index contributed by atoms with van der Waals surface area (Å²) in [5.74, 6) is -1.92. The number of hydrazine groups is 1. The Labute approximate surface area is 309 Å². The number of carboxylic acid groups (broad SMARTS) is 1. The molecule has 1 aromatic rings. The molecule has 3 saturated heterocycles. The Bertz CT molecular complexity index is 1390. The highest BCUT2D eigenvalue weighted by atomic mass is 32.2. The summed E-state index contributed by atoms with van der Waals surface area (Å²) < 4.78 is 56.2. The van der Waals surface area contributed by atoms with Crippen molar-refractivity contribution in [3.05, 3.63) is 35.4 Å². The molecule has 3 aliphatic heterocycles. The maximum atomic E-state index is 13.3. The number of fused-ring (bicyclic) bond motifs is 1. The zero-order chi connectivity index (χ0) is 38.3. The van der Waals surface area contributed by atoms with Crippen LogP contribution in [0.3, 0.4) is 0 Å². The van der Waals surface area contributed by atoms with Crippen LogP contribution in [-0.2, 0) is 34.3 Å². The molecule has 0 radical (unpaired) electrons. The van der Waals surface area contributed by atoms with Gasteiger partial charge in [0, 0.05) is 49.3 Å². The number of benzene rings is 1. The van der Waals surface area contributed by atoms with Crippen LogP contribution in [0, 0.1) is 0 Å². The lowest BCUT2D eigenvalue weighted by Gasteiger charge is -2.18. The Morgan fingerprint density at radius 3 is 2.11 bits per heavy atom. The largest absolute Gasteiger partial charge is 0.481 e. The number of halogens is 3. The van der Waals surface area contributed by atoms with Crippen LogP contribution in [0.5, 0.6) is 0 Å². The van der Waals surface area contributed by atoms with Crippen LogP contribution in [0.4, 0.5) is 18.0 Å². The minimum absolute atomic E-state index is 0.0226. The number of rotatable bonds is 25. The van der Waals surface area contributed by atoms with E-state index in [1.807, 2.05) is 11.8 Å². The quantitative estimate of drug-likeness (QED) is 0.0393. The molecule has 0 unspecified atom stereocenters. The highest BCUT2D eigenvalue weighted by Crippen LogP contribution is 2.42. The van der Waals surface area contributed by atoms with Crippen LogP contribution in [0.2, 0.25) is 0 Å². The lowest BCUT2D eigenvalue weighted by Crippen LogP contribution is -2.48. The number of hydrogen-bond donors (Lipinski definition) is 8. The molecule has 8 N–H and O–H groups in total. The highest BCUT2D eigenvalue weighted by molar-refractivity contribution is 8.00. The first-order chi connectivity index (χ1) is 25.4. The summed E-state index contributed by atoms with van der Waals surface area (Å²) in [5.41, 5.74) is 1.53. The number of nitrogens with one attached hydrogen (secondary N) is 7. The van der Waals surface area contributed by atoms with Crippen LogP contribution in [0.25, 0.3) is 0 Å². The summed E-state index contributed by atoms with van der Waals surface area (Å²) in [5, 5.41) is 23.3. The van der Waals surface area contributed by atoms with Crippen molar-refractivity contribution in [3.8, 4) is 0 Å². The van der Waals surface area contributed by atoms with E-state index in [0.29, 0.717) is 64.1 Å². The summed E-state index contributed by atoms with van der Waals surface area (Å²) in [6, 6.07) is 3.44. The van der Waals surface area contributed by atoms with E-state index in [-0.39, 0.29) is 48.3 Å². The number of hydrogen-bond acceptors (Lipinski definition) is 11. The molecule has 3 aliphatic rings. The minimum atomic E-state index is -4.61. The van der Waals surface area contributed by atoms with Crippen molar-refractivity contribution in [1.29, 1.82) is 0 Å². The number of thioether (sulfide) groups is 1. The van der Waals surface area contributed by atoms with E-state index in [9.17, 15) is 42.3 Å². The van der Waals surface area contributed by atoms with Gasteiger partial charge in [0.05, 0.1) is 44.9 Å². The maximum absolute atomic E-state index is 13.3. The number of amides is 5. The predicted octanol–water partition coefficient (Wildman–Crippen LogP) is 0.871. The Hall–Kier alpha value is -3.69. The first-order valence-electron chi connectivity index (χ1n) is 17.6. The fourth-order valence-electron chi connectivity index (χ4n) is 5.82. The zero-order valence-corrected chi connectivity index (χ0v) is 30.0. The van der Waals surface area contributed by atoms with E-state index in [4.69, 9.17) is 14.2 Å². The molecular weight excluding hydrogens is 727 g/mol. The Balaban J connectivity index is 0.940. The lowest BCUT2D eigenvalue weighted by atomic mass is 10.0. The van der Waals surface area contributed by atoms with Crippen molar-refractivity contribution >= 4 is 41.5 Å². The number of ether oxygens (including phenoxy) is 3. The monoisotopic (exact) mass is 775 g/mol. The average Bonchev–Trinajstić information content (AvgIpc) is 3.75. The van der Waals surface area contributed by atoms with E-state index < -0.39 is 42.1 Å². The minimum Gasteiger partial charge on any atom is -0.481 e. The molecule has 53 heavy (non-hydrogen) atoms. The summed E-state index contributed by atoms with van der Waals surface area (Å²) in [7, 11) is 0. The van der Waals surface area contributed by atoms with Gasteiger partial charge in [-0.15, -0.1) is 0 Å². The lowest BCUT2D eigenvalue weighted by molar-refractivity contribution is -0.165. The van der Waals surface area contributed by atoms with Crippen molar-refractivity contribution in [2.24, 2.45) is 0 Å². The highest BCUT2D eigenvalue weighted by Gasteiger charge is 2.65. The van der Waals surface area contributed by atoms with E-state index in [2.05, 4.69) is 37.4 Å². The van der Waals surface area contributed by atoms with Crippen LogP contribution >= 0.6 is 11.8 Å². The van der Waals surface area contributed by atoms with Gasteiger partial charge in [0.2, 0.25) is 17.5 Å². The normalized spacial score (nSPS) is 20.5. The predicted molar refractivity (Wildman–Crippen MR) is 186 cm³/mol. The number of urea groups is 1. The zero-order valence-electron chi connectivity index (χ0n) is 29.2. The standard InChI is InChI=1S/C33H48F3N7O9S/c34-33(35,36)32(42-43-32)22-9-7-21(8-10-22)29(47)39-23(19-27(45)46)30(48)38-12-4-14-51-16-18-52-17-15-50-13-3-11-37-26(44)6-2-1-5-25-28-24(20-53-25)40-31(49)41-28/h7-10,23-25,28,42-43H,1-6,11-20H2,(H,37,44)(H,38,48)(H,39,47)(H,45,46)(H2,40,41,49)/t23-,24+,25+,28+/m1/s1. The van der Waals surface area contributed by atoms with Crippen molar-refractivity contribution in [1.82, 2.24) is 37.4 Å². The van der Waals surface area contributed by atoms with E-state index >= 15 is 0 Å². The maximum Gasteiger partial charge on any atom is 0.426 e. The Morgan fingerprint density at radius 2 is 1.51 bits per heavy atom. The molecule has 20 heteroatoms. The van der Waals surface area contributed by atoms with Crippen molar-refractivity contribution < 1.29 is 56.5 Å². The summed E-state index contributed by atoms with van der Waals surface area (Å²) >= 11 is 1.87. The third-order valence-corrected chi connectivity index (χ3v) is 10.3. The second-order valence-electron chi connectivity index (χ2n) is 12.8. The van der Waals surface area contributed by atoms with Crippen molar-refractivity contribution in [3.63, 3.8) is 0 Å². The van der Waals surface area contributed by atoms with Gasteiger partial charge >= 0.3 is 18.2 Å². The van der Waals surface area contributed by atoms with Crippen LogP contribution in [0.15, 0.2) is 24.3 Å². The van der Waals surface area contributed by atoms with Gasteiger partial charge in [0.25, 0.3) is 5.91 Å². The number of carbonyl (C=O) groups excluding carboxylic acids is 4. The molecule has 0 aromatic heterocycles. The van der Waals surface area contributed by atoms with E-state index in [1.54, 1.807) is 0 Å². The van der Waals surface area contributed by atoms with Gasteiger partial charge in [-0.1, -0.05) is 18.6 Å². The van der Waals surface area contributed by atoms with E-state index in [1.165, 1.54) is 0 Å². The molecule has 3 fully saturated rings. The molecule has 0 spiro atoms. The molecule has 4 atom stereocenters. The number of carbonyl (C=O) groups is 5. The molecule has 1 aromatic carbocycles. The van der Waals surface area contributed by atoms with Gasteiger partial charge in [-0.05, 0) is 43.4 Å². The van der Waals surface area contributed by atoms with Gasteiger partial charge in [0.15, 0.2) is 0 Å². The molecule has 5 amide bonds. The third kappa shape index (κ3) is 13.3. The van der Waals surface area contributed by atoms with Gasteiger partial charge in [-0.3, -0.25) is 19.2 Å². The fourth-order valence-corrected chi connectivity index (χ4v) is 7.37. The van der Waals surface area contributed by atoms with Crippen molar-refractivity contribution in [2.45, 2.75) is 80.2 Å². The summed E-state index contributed by atoms with van der Waals surface area (Å²) in [4.78, 5) is 60.1. The van der Waals surface area contributed by atoms with Gasteiger partial charge in [-0.2, -0.15) is 24.9 Å². The number of alkyl halides is 3. The van der Waals surface area contributed by atoms with Crippen LogP contribution < -0.4 is 37.4 Å². The molecule has 0 saturated carbocycles. The first-order valence-corrected chi connectivity index (χ1v) is 18.6. The Kier molecular flexibility index (Phi) is 16.4. The molecular formula is C33H48F3N7O9S. The molecule has 0 aliphatic carbocycles. The van der Waals surface area contributed by atoms with Crippen LogP contribution in [-0.4, -0.2) is 123 Å². The molecule has 296 valence electrons. The molecule has 16 nitrogen and oxygen atoms in total. The van der Waals surface area contributed by atoms with Gasteiger partial charge < -0.3 is 45.9 Å². The third-order valence-electron chi connectivity index (χ3n) is 8.76. The topological polar surface area (TPSA) is 237 Å². The molecule has 4 rings (SSSR count). The second kappa shape index (κ2) is 20.7. The van der Waals surface area contributed by atoms with Gasteiger partial charge in [0.1, 0.15) is 6.04 Å². The molecule has 3 heterocycles. The summed E-state index contributed by atoms with van der Waals surface area (Å²) in [6.45, 7) is 2.85. The van der Waals surface area contributed by atoms with Crippen molar-refractivity contribution in [2.75, 3.05) is 58.5 Å². The van der Waals surface area contributed by atoms with E-state index in [0.717, 1.165) is 49.3 Å². The van der Waals surface area contributed by atoms with Gasteiger partial charge in [-0.25, -0.2) is 15.6 Å². The average molecular weight is 776 g/mol. The fraction of sp³-hybridized carbons (Fsp3) is 0.667. The number of carboxylic acids is 1. The molecule has 0 bridgehead atoms. The van der Waals surface area contributed by atoms with Crippen LogP contribution in [0.1, 0.15) is 60.9 Å².